The van der Waals surface area contributed by atoms with Gasteiger partial charge in [0.05, 0.1) is 5.75 Å². The van der Waals surface area contributed by atoms with Crippen LogP contribution >= 0.6 is 0 Å². The molecule has 0 aliphatic carbocycles. The summed E-state index contributed by atoms with van der Waals surface area (Å²) in [6.07, 6.45) is 8.06. The van der Waals surface area contributed by atoms with Gasteiger partial charge < -0.3 is 5.32 Å². The maximum Gasteiger partial charge on any atom is 0.266 e. The number of carbonyl (C=O) groups is 1. The number of aryl methyl sites for hydroxylation is 1. The maximum absolute atomic E-state index is 11.4. The fraction of sp³-hybridized carbons (Fsp3) is 0.588. The molecule has 0 aromatic heterocycles. The monoisotopic (exact) mass is 341 g/mol. The molecule has 130 valence electrons. The van der Waals surface area contributed by atoms with Crippen LogP contribution in [0.2, 0.25) is 0 Å². The Kier molecular flexibility index (Phi) is 9.55. The van der Waals surface area contributed by atoms with Gasteiger partial charge in [-0.2, -0.15) is 8.42 Å². The number of rotatable bonds is 12. The average molecular weight is 341 g/mol. The summed E-state index contributed by atoms with van der Waals surface area (Å²) in [5, 5.41) is 2.49. The molecule has 1 rings (SSSR count). The molecule has 0 heterocycles. The van der Waals surface area contributed by atoms with Crippen molar-refractivity contribution >= 4 is 16.0 Å². The molecule has 0 unspecified atom stereocenters. The molecule has 0 aliphatic heterocycles. The van der Waals surface area contributed by atoms with E-state index in [-0.39, 0.29) is 12.5 Å². The lowest BCUT2D eigenvalue weighted by Gasteiger charge is -2.04. The Hall–Kier alpha value is -1.40. The van der Waals surface area contributed by atoms with E-state index >= 15 is 0 Å². The van der Waals surface area contributed by atoms with Crippen LogP contribution in [-0.2, 0) is 21.3 Å². The van der Waals surface area contributed by atoms with Crippen molar-refractivity contribution in [1.82, 2.24) is 5.32 Å². The summed E-state index contributed by atoms with van der Waals surface area (Å²) < 4.78 is 29.5. The molecular weight excluding hydrogens is 314 g/mol. The first-order valence-corrected chi connectivity index (χ1v) is 9.84. The summed E-state index contributed by atoms with van der Waals surface area (Å²) in [5.74, 6) is -0.585. The Bertz CT molecular complexity index is 543. The summed E-state index contributed by atoms with van der Waals surface area (Å²) >= 11 is 0. The van der Waals surface area contributed by atoms with Gasteiger partial charge in [-0.25, -0.2) is 0 Å². The molecular formula is C17H27NO4S. The molecule has 5 nitrogen and oxygen atoms in total. The van der Waals surface area contributed by atoms with Gasteiger partial charge in [-0.1, -0.05) is 56.0 Å². The van der Waals surface area contributed by atoms with Gasteiger partial charge in [-0.15, -0.1) is 0 Å². The lowest BCUT2D eigenvalue weighted by atomic mass is 10.0. The lowest BCUT2D eigenvalue weighted by Crippen LogP contribution is -2.28. The average Bonchev–Trinajstić information content (AvgIpc) is 2.49. The summed E-state index contributed by atoms with van der Waals surface area (Å²) in [4.78, 5) is 11.4. The van der Waals surface area contributed by atoms with Crippen molar-refractivity contribution < 1.29 is 17.8 Å². The van der Waals surface area contributed by atoms with Crippen LogP contribution in [0.25, 0.3) is 0 Å². The third-order valence-electron chi connectivity index (χ3n) is 3.64. The SMILES string of the molecule is O=C(CCCCCCCCc1ccccc1)NCCS(=O)(=O)O. The lowest BCUT2D eigenvalue weighted by molar-refractivity contribution is -0.121. The van der Waals surface area contributed by atoms with Crippen LogP contribution in [0.4, 0.5) is 0 Å². The van der Waals surface area contributed by atoms with Gasteiger partial charge in [0.2, 0.25) is 5.91 Å². The first-order chi connectivity index (χ1) is 11.0. The number of carbonyl (C=O) groups excluding carboxylic acids is 1. The van der Waals surface area contributed by atoms with Crippen molar-refractivity contribution in [2.24, 2.45) is 0 Å². The highest BCUT2D eigenvalue weighted by Crippen LogP contribution is 2.10. The molecule has 0 aliphatic rings. The molecule has 0 spiro atoms. The zero-order valence-corrected chi connectivity index (χ0v) is 14.4. The summed E-state index contributed by atoms with van der Waals surface area (Å²) in [7, 11) is -3.99. The normalized spacial score (nSPS) is 11.3. The molecule has 0 fully saturated rings. The van der Waals surface area contributed by atoms with Crippen LogP contribution in [0.5, 0.6) is 0 Å². The molecule has 0 bridgehead atoms. The van der Waals surface area contributed by atoms with Crippen molar-refractivity contribution in [2.45, 2.75) is 51.4 Å². The molecule has 0 saturated carbocycles. The number of amides is 1. The number of hydrogen-bond donors (Lipinski definition) is 2. The van der Waals surface area contributed by atoms with E-state index in [0.29, 0.717) is 6.42 Å². The minimum absolute atomic E-state index is 0.0306. The van der Waals surface area contributed by atoms with Crippen LogP contribution in [0.3, 0.4) is 0 Å². The van der Waals surface area contributed by atoms with Crippen molar-refractivity contribution in [1.29, 1.82) is 0 Å². The highest BCUT2D eigenvalue weighted by atomic mass is 32.2. The van der Waals surface area contributed by atoms with E-state index in [1.165, 1.54) is 24.8 Å². The summed E-state index contributed by atoms with van der Waals surface area (Å²) in [6.45, 7) is -0.0306. The minimum Gasteiger partial charge on any atom is -0.355 e. The number of benzene rings is 1. The van der Waals surface area contributed by atoms with Gasteiger partial charge in [0.25, 0.3) is 10.1 Å². The standard InChI is InChI=1S/C17H27NO4S/c19-17(18-14-15-23(20,21)22)13-9-4-2-1-3-6-10-16-11-7-5-8-12-16/h5,7-8,11-12H,1-4,6,9-10,13-15H2,(H,18,19)(H,20,21,22). The van der Waals surface area contributed by atoms with Gasteiger partial charge in [-0.3, -0.25) is 9.35 Å². The summed E-state index contributed by atoms with van der Waals surface area (Å²) in [6, 6.07) is 10.5. The van der Waals surface area contributed by atoms with Crippen molar-refractivity contribution in [3.63, 3.8) is 0 Å². The van der Waals surface area contributed by atoms with E-state index in [1.54, 1.807) is 0 Å². The zero-order valence-electron chi connectivity index (χ0n) is 13.5. The number of unbranched alkanes of at least 4 members (excludes halogenated alkanes) is 5. The first kappa shape index (κ1) is 19.6. The smallest absolute Gasteiger partial charge is 0.266 e. The minimum atomic E-state index is -3.99. The van der Waals surface area contributed by atoms with Crippen LogP contribution in [-0.4, -0.2) is 31.2 Å². The van der Waals surface area contributed by atoms with Gasteiger partial charge in [0, 0.05) is 13.0 Å². The zero-order chi connectivity index (χ0) is 17.0. The highest BCUT2D eigenvalue weighted by Gasteiger charge is 2.06. The van der Waals surface area contributed by atoms with E-state index in [0.717, 1.165) is 25.7 Å². The van der Waals surface area contributed by atoms with Gasteiger partial charge in [0.1, 0.15) is 0 Å². The molecule has 1 amide bonds. The quantitative estimate of drug-likeness (QED) is 0.452. The Morgan fingerprint density at radius 2 is 1.57 bits per heavy atom. The van der Waals surface area contributed by atoms with E-state index in [2.05, 4.69) is 29.6 Å². The van der Waals surface area contributed by atoms with E-state index in [9.17, 15) is 13.2 Å². The fourth-order valence-corrected chi connectivity index (χ4v) is 2.73. The third kappa shape index (κ3) is 11.8. The largest absolute Gasteiger partial charge is 0.355 e. The maximum atomic E-state index is 11.4. The molecule has 0 saturated heterocycles. The Morgan fingerprint density at radius 3 is 2.22 bits per heavy atom. The molecule has 1 aromatic rings. The predicted octanol–water partition coefficient (Wildman–Crippen LogP) is 2.96. The molecule has 0 atom stereocenters. The second kappa shape index (κ2) is 11.2. The van der Waals surface area contributed by atoms with Crippen LogP contribution in [0.15, 0.2) is 30.3 Å². The van der Waals surface area contributed by atoms with Crippen LogP contribution in [0.1, 0.15) is 50.5 Å². The van der Waals surface area contributed by atoms with Crippen LogP contribution in [0, 0.1) is 0 Å². The Balaban J connectivity index is 1.90. The van der Waals surface area contributed by atoms with Gasteiger partial charge >= 0.3 is 0 Å². The van der Waals surface area contributed by atoms with Crippen molar-refractivity contribution in [2.75, 3.05) is 12.3 Å². The second-order valence-corrected chi connectivity index (χ2v) is 7.31. The molecule has 23 heavy (non-hydrogen) atoms. The Morgan fingerprint density at radius 1 is 0.957 bits per heavy atom. The molecule has 0 radical (unpaired) electrons. The first-order valence-electron chi connectivity index (χ1n) is 8.23. The van der Waals surface area contributed by atoms with Crippen LogP contribution < -0.4 is 5.32 Å². The highest BCUT2D eigenvalue weighted by molar-refractivity contribution is 7.85. The van der Waals surface area contributed by atoms with Crippen molar-refractivity contribution in [3.8, 4) is 0 Å². The van der Waals surface area contributed by atoms with E-state index in [1.807, 2.05) is 6.07 Å². The van der Waals surface area contributed by atoms with Gasteiger partial charge in [0.15, 0.2) is 0 Å². The number of hydrogen-bond acceptors (Lipinski definition) is 3. The summed E-state index contributed by atoms with van der Waals surface area (Å²) in [5.41, 5.74) is 1.38. The van der Waals surface area contributed by atoms with E-state index < -0.39 is 15.9 Å². The second-order valence-electron chi connectivity index (χ2n) is 5.74. The third-order valence-corrected chi connectivity index (χ3v) is 4.36. The fourth-order valence-electron chi connectivity index (χ4n) is 2.37. The topological polar surface area (TPSA) is 83.5 Å². The van der Waals surface area contributed by atoms with Gasteiger partial charge in [-0.05, 0) is 24.8 Å². The molecule has 6 heteroatoms. The number of nitrogens with one attached hydrogen (secondary N) is 1. The van der Waals surface area contributed by atoms with E-state index in [4.69, 9.17) is 4.55 Å². The Labute approximate surface area is 139 Å². The molecule has 1 aromatic carbocycles. The predicted molar refractivity (Wildman–Crippen MR) is 91.9 cm³/mol. The van der Waals surface area contributed by atoms with Crippen molar-refractivity contribution in [3.05, 3.63) is 35.9 Å². The molecule has 2 N–H and O–H groups in total.